The lowest BCUT2D eigenvalue weighted by atomic mass is 10.8. The molecule has 3 N–H and O–H groups in total. The average molecular weight is 232 g/mol. The molecule has 0 aromatic carbocycles. The van der Waals surface area contributed by atoms with E-state index < -0.39 is 10.0 Å². The van der Waals surface area contributed by atoms with Crippen LogP contribution in [-0.2, 0) is 10.0 Å². The number of hydrogen-bond acceptors (Lipinski definition) is 5. The van der Waals surface area contributed by atoms with Gasteiger partial charge in [-0.3, -0.25) is 4.40 Å². The Labute approximate surface area is 84.4 Å². The topological polar surface area (TPSA) is 89.5 Å². The van der Waals surface area contributed by atoms with Gasteiger partial charge in [-0.15, -0.1) is 11.3 Å². The Bertz CT molecular complexity index is 568. The summed E-state index contributed by atoms with van der Waals surface area (Å²) < 4.78 is 26.7. The fraction of sp³-hybridized carbons (Fsp3) is 0.167. The standard InChI is InChI=1S/C6H8N4O2S2/c1-8-14(11,12)5-4(7)9-6-10(5)2-3-13-6/h2-3,8H,7H2,1H3. The number of hydrogen-bond donors (Lipinski definition) is 2. The number of thiazole rings is 1. The molecule has 0 aliphatic heterocycles. The molecule has 0 bridgehead atoms. The summed E-state index contributed by atoms with van der Waals surface area (Å²) in [5.74, 6) is 0.0196. The quantitative estimate of drug-likeness (QED) is 0.755. The second-order valence-corrected chi connectivity index (χ2v) is 5.24. The molecule has 8 heteroatoms. The van der Waals surface area contributed by atoms with E-state index in [9.17, 15) is 8.42 Å². The van der Waals surface area contributed by atoms with Gasteiger partial charge in [0.2, 0.25) is 0 Å². The lowest BCUT2D eigenvalue weighted by Crippen LogP contribution is -2.21. The molecule has 14 heavy (non-hydrogen) atoms. The van der Waals surface area contributed by atoms with Gasteiger partial charge in [-0.2, -0.15) is 0 Å². The van der Waals surface area contributed by atoms with Crippen molar-refractivity contribution in [1.29, 1.82) is 0 Å². The highest BCUT2D eigenvalue weighted by molar-refractivity contribution is 7.89. The van der Waals surface area contributed by atoms with Crippen LogP contribution in [0.3, 0.4) is 0 Å². The predicted octanol–water partition coefficient (Wildman–Crippen LogP) is -0.114. The minimum Gasteiger partial charge on any atom is -0.381 e. The molecule has 0 unspecified atom stereocenters. The van der Waals surface area contributed by atoms with E-state index in [0.29, 0.717) is 4.96 Å². The number of imidazole rings is 1. The highest BCUT2D eigenvalue weighted by Gasteiger charge is 2.22. The van der Waals surface area contributed by atoms with Gasteiger partial charge in [-0.25, -0.2) is 18.1 Å². The monoisotopic (exact) mass is 232 g/mol. The highest BCUT2D eigenvalue weighted by Crippen LogP contribution is 2.22. The Morgan fingerprint density at radius 1 is 1.64 bits per heavy atom. The van der Waals surface area contributed by atoms with Gasteiger partial charge in [-0.05, 0) is 7.05 Å². The molecule has 2 aromatic heterocycles. The molecular weight excluding hydrogens is 224 g/mol. The maximum Gasteiger partial charge on any atom is 0.260 e. The van der Waals surface area contributed by atoms with E-state index in [1.54, 1.807) is 11.6 Å². The Morgan fingerprint density at radius 3 is 3.00 bits per heavy atom. The van der Waals surface area contributed by atoms with Gasteiger partial charge in [0.05, 0.1) is 0 Å². The van der Waals surface area contributed by atoms with Crippen LogP contribution in [-0.4, -0.2) is 24.9 Å². The van der Waals surface area contributed by atoms with Crippen LogP contribution in [0.4, 0.5) is 5.82 Å². The third-order valence-corrected chi connectivity index (χ3v) is 3.98. The molecule has 0 atom stereocenters. The van der Waals surface area contributed by atoms with Crippen LogP contribution in [0.25, 0.3) is 4.96 Å². The van der Waals surface area contributed by atoms with E-state index in [0.717, 1.165) is 0 Å². The molecule has 6 nitrogen and oxygen atoms in total. The minimum absolute atomic E-state index is 0.00347. The van der Waals surface area contributed by atoms with Gasteiger partial charge in [-0.1, -0.05) is 0 Å². The molecule has 76 valence electrons. The number of aromatic nitrogens is 2. The second-order valence-electron chi connectivity index (χ2n) is 2.57. The molecule has 0 saturated carbocycles. The first-order valence-electron chi connectivity index (χ1n) is 3.71. The Balaban J connectivity index is 2.84. The lowest BCUT2D eigenvalue weighted by Gasteiger charge is -2.00. The summed E-state index contributed by atoms with van der Waals surface area (Å²) in [7, 11) is -2.22. The summed E-state index contributed by atoms with van der Waals surface area (Å²) in [6.07, 6.45) is 1.62. The molecule has 0 fully saturated rings. The van der Waals surface area contributed by atoms with Crippen molar-refractivity contribution < 1.29 is 8.42 Å². The number of rotatable bonds is 2. The maximum absolute atomic E-state index is 11.5. The van der Waals surface area contributed by atoms with Gasteiger partial charge in [0.1, 0.15) is 0 Å². The van der Waals surface area contributed by atoms with Crippen LogP contribution in [0.1, 0.15) is 0 Å². The predicted molar refractivity (Wildman–Crippen MR) is 53.7 cm³/mol. The summed E-state index contributed by atoms with van der Waals surface area (Å²) in [5.41, 5.74) is 5.52. The van der Waals surface area contributed by atoms with Gasteiger partial charge in [0.15, 0.2) is 15.8 Å². The summed E-state index contributed by atoms with van der Waals surface area (Å²) in [5, 5.41) is 1.74. The molecule has 0 aliphatic rings. The first-order chi connectivity index (χ1) is 6.56. The van der Waals surface area contributed by atoms with Crippen LogP contribution in [0.2, 0.25) is 0 Å². The zero-order valence-corrected chi connectivity index (χ0v) is 8.89. The van der Waals surface area contributed by atoms with Gasteiger partial charge >= 0.3 is 0 Å². The van der Waals surface area contributed by atoms with E-state index in [1.807, 2.05) is 0 Å². The highest BCUT2D eigenvalue weighted by atomic mass is 32.2. The molecule has 0 radical (unpaired) electrons. The van der Waals surface area contributed by atoms with Crippen molar-refractivity contribution in [1.82, 2.24) is 14.1 Å². The Kier molecular flexibility index (Phi) is 1.98. The van der Waals surface area contributed by atoms with E-state index in [2.05, 4.69) is 9.71 Å². The molecule has 0 aliphatic carbocycles. The smallest absolute Gasteiger partial charge is 0.260 e. The summed E-state index contributed by atoms with van der Waals surface area (Å²) >= 11 is 1.33. The molecule has 0 amide bonds. The molecule has 0 saturated heterocycles. The summed E-state index contributed by atoms with van der Waals surface area (Å²) in [6, 6.07) is 0. The van der Waals surface area contributed by atoms with Gasteiger partial charge in [0, 0.05) is 11.6 Å². The number of fused-ring (bicyclic) bond motifs is 1. The Morgan fingerprint density at radius 2 is 2.36 bits per heavy atom. The number of nitrogens with one attached hydrogen (secondary N) is 1. The van der Waals surface area contributed by atoms with Crippen molar-refractivity contribution in [3.63, 3.8) is 0 Å². The summed E-state index contributed by atoms with van der Waals surface area (Å²) in [6.45, 7) is 0. The summed E-state index contributed by atoms with van der Waals surface area (Å²) in [4.78, 5) is 4.49. The van der Waals surface area contributed by atoms with Crippen molar-refractivity contribution in [3.8, 4) is 0 Å². The zero-order chi connectivity index (χ0) is 10.3. The van der Waals surface area contributed by atoms with E-state index >= 15 is 0 Å². The van der Waals surface area contributed by atoms with Crippen molar-refractivity contribution in [2.75, 3.05) is 12.8 Å². The van der Waals surface area contributed by atoms with Crippen LogP contribution in [0, 0.1) is 0 Å². The number of anilines is 1. The lowest BCUT2D eigenvalue weighted by molar-refractivity contribution is 0.584. The number of sulfonamides is 1. The van der Waals surface area contributed by atoms with Crippen LogP contribution in [0.5, 0.6) is 0 Å². The number of nitrogens with zero attached hydrogens (tertiary/aromatic N) is 2. The fourth-order valence-corrected chi connectivity index (χ4v) is 2.84. The van der Waals surface area contributed by atoms with Crippen LogP contribution < -0.4 is 10.5 Å². The first-order valence-corrected chi connectivity index (χ1v) is 6.07. The normalized spacial score (nSPS) is 12.4. The molecular formula is C6H8N4O2S2. The third-order valence-electron chi connectivity index (χ3n) is 1.77. The van der Waals surface area contributed by atoms with Crippen molar-refractivity contribution >= 4 is 32.1 Å². The molecule has 2 heterocycles. The van der Waals surface area contributed by atoms with E-state index in [-0.39, 0.29) is 10.8 Å². The molecule has 2 rings (SSSR count). The minimum atomic E-state index is -3.55. The van der Waals surface area contributed by atoms with Gasteiger partial charge < -0.3 is 5.73 Å². The number of nitrogens with two attached hydrogens (primary N) is 1. The second kappa shape index (κ2) is 2.94. The van der Waals surface area contributed by atoms with E-state index in [4.69, 9.17) is 5.73 Å². The molecule has 0 spiro atoms. The SMILES string of the molecule is CNS(=O)(=O)c1c(N)nc2sccn12. The van der Waals surface area contributed by atoms with E-state index in [1.165, 1.54) is 22.8 Å². The maximum atomic E-state index is 11.5. The molecule has 2 aromatic rings. The van der Waals surface area contributed by atoms with Crippen molar-refractivity contribution in [3.05, 3.63) is 11.6 Å². The first kappa shape index (κ1) is 9.44. The van der Waals surface area contributed by atoms with Crippen molar-refractivity contribution in [2.24, 2.45) is 0 Å². The zero-order valence-electron chi connectivity index (χ0n) is 7.26. The van der Waals surface area contributed by atoms with Crippen molar-refractivity contribution in [2.45, 2.75) is 5.03 Å². The number of nitrogen functional groups attached to an aromatic ring is 1. The van der Waals surface area contributed by atoms with Crippen LogP contribution in [0.15, 0.2) is 16.6 Å². The third kappa shape index (κ3) is 1.19. The fourth-order valence-electron chi connectivity index (χ4n) is 1.15. The van der Waals surface area contributed by atoms with Crippen LogP contribution >= 0.6 is 11.3 Å². The van der Waals surface area contributed by atoms with Gasteiger partial charge in [0.25, 0.3) is 10.0 Å². The Hall–Kier alpha value is -1.12. The average Bonchev–Trinajstić information content (AvgIpc) is 2.62. The largest absolute Gasteiger partial charge is 0.381 e.